The molecular formula is C11H6BrCl2FS. The van der Waals surface area contributed by atoms with Gasteiger partial charge in [-0.2, -0.15) is 0 Å². The smallest absolute Gasteiger partial charge is 0.137 e. The van der Waals surface area contributed by atoms with Crippen LogP contribution in [0.1, 0.15) is 15.8 Å². The quantitative estimate of drug-likeness (QED) is 0.622. The third-order valence-electron chi connectivity index (χ3n) is 2.11. The molecule has 1 unspecified atom stereocenters. The standard InChI is InChI=1S/C11H6BrCl2FS/c12-7-5-6(1-2-9(7)15)10(14)11-8(13)3-4-16-11/h1-5,10H. The normalized spacial score (nSPS) is 12.8. The molecule has 0 aliphatic carbocycles. The Morgan fingerprint density at radius 2 is 2.06 bits per heavy atom. The molecule has 0 fully saturated rings. The number of hydrogen-bond acceptors (Lipinski definition) is 1. The Morgan fingerprint density at radius 3 is 2.62 bits per heavy atom. The molecule has 0 amide bonds. The van der Waals surface area contributed by atoms with Crippen molar-refractivity contribution in [2.45, 2.75) is 5.38 Å². The van der Waals surface area contributed by atoms with Crippen molar-refractivity contribution in [3.8, 4) is 0 Å². The van der Waals surface area contributed by atoms with Gasteiger partial charge in [-0.25, -0.2) is 4.39 Å². The van der Waals surface area contributed by atoms with E-state index in [1.54, 1.807) is 18.2 Å². The third-order valence-corrected chi connectivity index (χ3v) is 4.74. The van der Waals surface area contributed by atoms with Crippen LogP contribution in [0.4, 0.5) is 4.39 Å². The summed E-state index contributed by atoms with van der Waals surface area (Å²) in [5, 5.41) is 2.18. The van der Waals surface area contributed by atoms with Crippen LogP contribution in [-0.2, 0) is 0 Å². The Bertz CT molecular complexity index is 512. The van der Waals surface area contributed by atoms with Gasteiger partial charge in [0.2, 0.25) is 0 Å². The minimum atomic E-state index is -0.343. The van der Waals surface area contributed by atoms with E-state index in [0.29, 0.717) is 9.50 Å². The monoisotopic (exact) mass is 338 g/mol. The fraction of sp³-hybridized carbons (Fsp3) is 0.0909. The van der Waals surface area contributed by atoms with Crippen LogP contribution in [0.2, 0.25) is 5.02 Å². The predicted molar refractivity (Wildman–Crippen MR) is 71.1 cm³/mol. The van der Waals surface area contributed by atoms with Crippen LogP contribution in [0.3, 0.4) is 0 Å². The van der Waals surface area contributed by atoms with E-state index in [1.807, 2.05) is 5.38 Å². The molecule has 2 rings (SSSR count). The number of rotatable bonds is 2. The first-order valence-electron chi connectivity index (χ1n) is 4.41. The first-order valence-corrected chi connectivity index (χ1v) is 6.90. The molecule has 0 radical (unpaired) electrons. The van der Waals surface area contributed by atoms with Crippen LogP contribution < -0.4 is 0 Å². The molecule has 2 aromatic rings. The van der Waals surface area contributed by atoms with E-state index in [9.17, 15) is 4.39 Å². The number of benzene rings is 1. The molecule has 0 nitrogen and oxygen atoms in total. The summed E-state index contributed by atoms with van der Waals surface area (Å²) in [6.45, 7) is 0. The maximum absolute atomic E-state index is 13.1. The summed E-state index contributed by atoms with van der Waals surface area (Å²) in [6, 6.07) is 6.52. The molecule has 0 bridgehead atoms. The van der Waals surface area contributed by atoms with Gasteiger partial charge in [-0.1, -0.05) is 17.7 Å². The zero-order chi connectivity index (χ0) is 11.7. The van der Waals surface area contributed by atoms with Crippen molar-refractivity contribution in [3.63, 3.8) is 0 Å². The highest BCUT2D eigenvalue weighted by Gasteiger charge is 2.16. The first-order chi connectivity index (χ1) is 7.59. The lowest BCUT2D eigenvalue weighted by Crippen LogP contribution is -1.92. The lowest BCUT2D eigenvalue weighted by atomic mass is 10.1. The van der Waals surface area contributed by atoms with Crippen molar-refractivity contribution in [1.82, 2.24) is 0 Å². The molecule has 84 valence electrons. The number of alkyl halides is 1. The highest BCUT2D eigenvalue weighted by Crippen LogP contribution is 2.38. The zero-order valence-corrected chi connectivity index (χ0v) is 11.8. The summed E-state index contributed by atoms with van der Waals surface area (Å²) < 4.78 is 13.5. The molecule has 0 N–H and O–H groups in total. The van der Waals surface area contributed by atoms with Crippen LogP contribution >= 0.6 is 50.5 Å². The van der Waals surface area contributed by atoms with Crippen molar-refractivity contribution in [1.29, 1.82) is 0 Å². The van der Waals surface area contributed by atoms with Crippen molar-refractivity contribution < 1.29 is 4.39 Å². The molecular weight excluding hydrogens is 334 g/mol. The van der Waals surface area contributed by atoms with E-state index in [-0.39, 0.29) is 11.2 Å². The first kappa shape index (κ1) is 12.4. The summed E-state index contributed by atoms with van der Waals surface area (Å²) in [5.74, 6) is -0.301. The van der Waals surface area contributed by atoms with E-state index in [2.05, 4.69) is 15.9 Å². The van der Waals surface area contributed by atoms with Gasteiger partial charge in [0.25, 0.3) is 0 Å². The van der Waals surface area contributed by atoms with Crippen LogP contribution in [-0.4, -0.2) is 0 Å². The second-order valence-electron chi connectivity index (χ2n) is 3.17. The van der Waals surface area contributed by atoms with Gasteiger partial charge in [-0.3, -0.25) is 0 Å². The van der Waals surface area contributed by atoms with Crippen molar-refractivity contribution in [2.75, 3.05) is 0 Å². The van der Waals surface area contributed by atoms with Gasteiger partial charge in [0.05, 0.1) is 14.9 Å². The molecule has 0 aliphatic heterocycles. The minimum Gasteiger partial charge on any atom is -0.206 e. The Hall–Kier alpha value is -0.0900. The Kier molecular flexibility index (Phi) is 3.90. The SMILES string of the molecule is Fc1ccc(C(Cl)c2sccc2Cl)cc1Br. The maximum atomic E-state index is 13.1. The summed E-state index contributed by atoms with van der Waals surface area (Å²) in [7, 11) is 0. The molecule has 1 aromatic heterocycles. The lowest BCUT2D eigenvalue weighted by molar-refractivity contribution is 0.620. The topological polar surface area (TPSA) is 0 Å². The number of thiophene rings is 1. The molecule has 0 saturated carbocycles. The van der Waals surface area contributed by atoms with E-state index < -0.39 is 0 Å². The Morgan fingerprint density at radius 1 is 1.31 bits per heavy atom. The zero-order valence-electron chi connectivity index (χ0n) is 7.88. The molecule has 1 heterocycles. The van der Waals surface area contributed by atoms with Gasteiger partial charge in [-0.15, -0.1) is 22.9 Å². The van der Waals surface area contributed by atoms with E-state index in [1.165, 1.54) is 17.4 Å². The average molecular weight is 340 g/mol. The second-order valence-corrected chi connectivity index (χ2v) is 5.81. The van der Waals surface area contributed by atoms with Crippen LogP contribution in [0.25, 0.3) is 0 Å². The Balaban J connectivity index is 2.38. The van der Waals surface area contributed by atoms with Crippen molar-refractivity contribution in [2.24, 2.45) is 0 Å². The van der Waals surface area contributed by atoms with Crippen LogP contribution in [0, 0.1) is 5.82 Å². The predicted octanol–water partition coefficient (Wildman–Crippen LogP) is 5.63. The highest BCUT2D eigenvalue weighted by molar-refractivity contribution is 9.10. The summed E-state index contributed by atoms with van der Waals surface area (Å²) in [6.07, 6.45) is 0. The lowest BCUT2D eigenvalue weighted by Gasteiger charge is -2.09. The van der Waals surface area contributed by atoms with Crippen LogP contribution in [0.15, 0.2) is 34.1 Å². The number of halogens is 4. The Labute approximate surface area is 115 Å². The molecule has 0 aliphatic rings. The van der Waals surface area contributed by atoms with Gasteiger partial charge < -0.3 is 0 Å². The highest BCUT2D eigenvalue weighted by atomic mass is 79.9. The molecule has 0 saturated heterocycles. The largest absolute Gasteiger partial charge is 0.206 e. The van der Waals surface area contributed by atoms with E-state index >= 15 is 0 Å². The van der Waals surface area contributed by atoms with Gasteiger partial charge >= 0.3 is 0 Å². The fourth-order valence-corrected chi connectivity index (χ4v) is 3.33. The van der Waals surface area contributed by atoms with Crippen molar-refractivity contribution >= 4 is 50.5 Å². The van der Waals surface area contributed by atoms with E-state index in [0.717, 1.165) is 10.4 Å². The van der Waals surface area contributed by atoms with Gasteiger partial charge in [-0.05, 0) is 45.1 Å². The average Bonchev–Trinajstić information content (AvgIpc) is 2.67. The summed E-state index contributed by atoms with van der Waals surface area (Å²) in [5.41, 5.74) is 0.819. The third kappa shape index (κ3) is 2.43. The molecule has 0 spiro atoms. The minimum absolute atomic E-state index is 0.301. The molecule has 16 heavy (non-hydrogen) atoms. The summed E-state index contributed by atoms with van der Waals surface area (Å²) >= 11 is 16.9. The van der Waals surface area contributed by atoms with Gasteiger partial charge in [0.15, 0.2) is 0 Å². The fourth-order valence-electron chi connectivity index (χ4n) is 1.31. The van der Waals surface area contributed by atoms with Gasteiger partial charge in [0, 0.05) is 4.88 Å². The van der Waals surface area contributed by atoms with Gasteiger partial charge in [0.1, 0.15) is 5.82 Å². The maximum Gasteiger partial charge on any atom is 0.137 e. The molecule has 1 atom stereocenters. The van der Waals surface area contributed by atoms with E-state index in [4.69, 9.17) is 23.2 Å². The number of hydrogen-bond donors (Lipinski definition) is 0. The van der Waals surface area contributed by atoms with Crippen LogP contribution in [0.5, 0.6) is 0 Å². The summed E-state index contributed by atoms with van der Waals surface area (Å²) in [4.78, 5) is 0.877. The molecule has 1 aromatic carbocycles. The van der Waals surface area contributed by atoms with Crippen molar-refractivity contribution in [3.05, 3.63) is 55.4 Å². The molecule has 5 heteroatoms. The second kappa shape index (κ2) is 5.05.